The van der Waals surface area contributed by atoms with Gasteiger partial charge in [-0.3, -0.25) is 24.5 Å². The Balaban J connectivity index is 0.828. The minimum absolute atomic E-state index is 0.151. The monoisotopic (exact) mass is 868 g/mol. The van der Waals surface area contributed by atoms with Gasteiger partial charge in [-0.25, -0.2) is 29.3 Å². The maximum atomic E-state index is 15.9. The standard InChI is InChI=1S/C42H49FN12O4S2/c1-4-52(3)61(58,59)51-33-7-5-6-32(38(33)43)39-40(60-27(2)47-39)34-14-17-44-42(48-34)49-35-11-9-30(25-45-35)54-22-20-53(21-23-54)26-28-15-18-55(19-16-28)36-12-8-29(24-46-36)31-10-13-37(56)50-41(31)57/h5-9,11-12,14,17,24-25,28,31,51H,4,10,13,15-16,18-23,26H2,1-3H3,(H,50,56,57)(H,44,45,48,49)/t31-/m1/s1. The predicted molar refractivity (Wildman–Crippen MR) is 235 cm³/mol. The number of anilines is 5. The number of imide groups is 1. The molecule has 0 saturated carbocycles. The van der Waals surface area contributed by atoms with E-state index in [2.05, 4.69) is 50.0 Å². The van der Waals surface area contributed by atoms with Crippen LogP contribution in [0.2, 0.25) is 0 Å². The van der Waals surface area contributed by atoms with Crippen LogP contribution in [0.25, 0.3) is 21.8 Å². The van der Waals surface area contributed by atoms with E-state index in [4.69, 9.17) is 4.98 Å². The zero-order valence-corrected chi connectivity index (χ0v) is 36.0. The summed E-state index contributed by atoms with van der Waals surface area (Å²) in [7, 11) is -2.52. The summed E-state index contributed by atoms with van der Waals surface area (Å²) >= 11 is 1.36. The van der Waals surface area contributed by atoms with Crippen LogP contribution in [0.5, 0.6) is 0 Å². The minimum atomic E-state index is -3.94. The van der Waals surface area contributed by atoms with Crippen LogP contribution >= 0.6 is 11.3 Å². The number of pyridine rings is 2. The van der Waals surface area contributed by atoms with Crippen molar-refractivity contribution >= 4 is 62.3 Å². The Morgan fingerprint density at radius 1 is 0.918 bits per heavy atom. The molecular weight excluding hydrogens is 820 g/mol. The summed E-state index contributed by atoms with van der Waals surface area (Å²) in [6.45, 7) is 10.5. The number of hydrogen-bond donors (Lipinski definition) is 3. The van der Waals surface area contributed by atoms with Gasteiger partial charge in [-0.05, 0) is 74.1 Å². The molecule has 0 unspecified atom stereocenters. The van der Waals surface area contributed by atoms with Gasteiger partial charge in [0, 0.05) is 83.8 Å². The van der Waals surface area contributed by atoms with Crippen molar-refractivity contribution in [1.82, 2.24) is 39.4 Å². The molecule has 3 aliphatic heterocycles. The van der Waals surface area contributed by atoms with E-state index in [1.807, 2.05) is 37.4 Å². The number of rotatable bonds is 13. The zero-order valence-electron chi connectivity index (χ0n) is 34.3. The molecule has 3 fully saturated rings. The molecule has 1 aromatic carbocycles. The van der Waals surface area contributed by atoms with Crippen LogP contribution in [0.1, 0.15) is 49.1 Å². The lowest BCUT2D eigenvalue weighted by Crippen LogP contribution is -2.49. The van der Waals surface area contributed by atoms with E-state index in [0.29, 0.717) is 51.8 Å². The topological polar surface area (TPSA) is 182 Å². The van der Waals surface area contributed by atoms with Crippen molar-refractivity contribution < 1.29 is 22.4 Å². The van der Waals surface area contributed by atoms with Gasteiger partial charge < -0.3 is 15.1 Å². The molecular formula is C42H49FN12O4S2. The van der Waals surface area contributed by atoms with Crippen molar-refractivity contribution in [3.63, 3.8) is 0 Å². The highest BCUT2D eigenvalue weighted by atomic mass is 32.2. The molecule has 3 saturated heterocycles. The lowest BCUT2D eigenvalue weighted by molar-refractivity contribution is -0.134. The average Bonchev–Trinajstić information content (AvgIpc) is 3.66. The van der Waals surface area contributed by atoms with E-state index in [1.165, 1.54) is 24.5 Å². The zero-order chi connectivity index (χ0) is 42.7. The number of piperazine rings is 1. The van der Waals surface area contributed by atoms with Crippen LogP contribution in [0, 0.1) is 18.7 Å². The maximum Gasteiger partial charge on any atom is 0.301 e. The Morgan fingerprint density at radius 3 is 2.43 bits per heavy atom. The summed E-state index contributed by atoms with van der Waals surface area (Å²) in [4.78, 5) is 54.7. The Bertz CT molecular complexity index is 2470. The first-order valence-electron chi connectivity index (χ1n) is 20.5. The molecule has 320 valence electrons. The number of benzene rings is 1. The van der Waals surface area contributed by atoms with Gasteiger partial charge in [0.25, 0.3) is 0 Å². The summed E-state index contributed by atoms with van der Waals surface area (Å²) < 4.78 is 44.6. The second kappa shape index (κ2) is 18.2. The van der Waals surface area contributed by atoms with Crippen LogP contribution in [0.15, 0.2) is 67.1 Å². The van der Waals surface area contributed by atoms with Crippen molar-refractivity contribution in [1.29, 1.82) is 0 Å². The molecule has 0 aliphatic carbocycles. The third-order valence-corrected chi connectivity index (χ3v) is 14.1. The molecule has 3 aliphatic rings. The van der Waals surface area contributed by atoms with Crippen LogP contribution in [-0.2, 0) is 19.8 Å². The smallest absolute Gasteiger partial charge is 0.301 e. The van der Waals surface area contributed by atoms with Crippen LogP contribution in [0.3, 0.4) is 0 Å². The maximum absolute atomic E-state index is 15.9. The lowest BCUT2D eigenvalue weighted by Gasteiger charge is -2.39. The number of aromatic nitrogens is 5. The number of hydrogen-bond acceptors (Lipinski definition) is 14. The third-order valence-electron chi connectivity index (χ3n) is 11.6. The van der Waals surface area contributed by atoms with Gasteiger partial charge in [0.05, 0.1) is 44.8 Å². The summed E-state index contributed by atoms with van der Waals surface area (Å²) in [5, 5.41) is 6.32. The summed E-state index contributed by atoms with van der Waals surface area (Å²) in [6, 6.07) is 14.2. The molecule has 0 spiro atoms. The van der Waals surface area contributed by atoms with E-state index >= 15 is 4.39 Å². The Labute approximate surface area is 358 Å². The number of nitrogens with one attached hydrogen (secondary N) is 3. The highest BCUT2D eigenvalue weighted by Crippen LogP contribution is 2.39. The van der Waals surface area contributed by atoms with Gasteiger partial charge in [-0.15, -0.1) is 11.3 Å². The van der Waals surface area contributed by atoms with Crippen molar-refractivity contribution in [2.45, 2.75) is 45.4 Å². The number of carbonyl (C=O) groups excluding carboxylic acids is 2. The fraction of sp³-hybridized carbons (Fsp3) is 0.405. The van der Waals surface area contributed by atoms with Gasteiger partial charge in [-0.2, -0.15) is 12.7 Å². The summed E-state index contributed by atoms with van der Waals surface area (Å²) in [5.41, 5.74) is 2.77. The van der Waals surface area contributed by atoms with Gasteiger partial charge in [0.2, 0.25) is 17.8 Å². The van der Waals surface area contributed by atoms with Gasteiger partial charge in [0.1, 0.15) is 11.6 Å². The highest BCUT2D eigenvalue weighted by molar-refractivity contribution is 7.90. The molecule has 3 N–H and O–H groups in total. The Hall–Kier alpha value is -5.63. The number of nitrogens with zero attached hydrogens (tertiary/aromatic N) is 9. The van der Waals surface area contributed by atoms with Gasteiger partial charge >= 0.3 is 10.2 Å². The fourth-order valence-electron chi connectivity index (χ4n) is 7.97. The number of amides is 2. The van der Waals surface area contributed by atoms with Crippen LogP contribution in [-0.4, -0.2) is 114 Å². The molecule has 16 nitrogen and oxygen atoms in total. The molecule has 61 heavy (non-hydrogen) atoms. The van der Waals surface area contributed by atoms with Crippen molar-refractivity contribution in [2.24, 2.45) is 5.92 Å². The van der Waals surface area contributed by atoms with Crippen molar-refractivity contribution in [3.8, 4) is 21.8 Å². The van der Waals surface area contributed by atoms with Crippen LogP contribution < -0.4 is 25.2 Å². The first-order chi connectivity index (χ1) is 29.4. The summed E-state index contributed by atoms with van der Waals surface area (Å²) in [6.07, 6.45) is 8.34. The molecule has 0 radical (unpaired) electrons. The molecule has 1 atom stereocenters. The van der Waals surface area contributed by atoms with E-state index < -0.39 is 16.0 Å². The Morgan fingerprint density at radius 2 is 1.72 bits per heavy atom. The molecule has 8 rings (SSSR count). The number of carbonyl (C=O) groups is 2. The second-order valence-electron chi connectivity index (χ2n) is 15.6. The highest BCUT2D eigenvalue weighted by Gasteiger charge is 2.30. The van der Waals surface area contributed by atoms with E-state index in [1.54, 1.807) is 37.5 Å². The fourth-order valence-corrected chi connectivity index (χ4v) is 9.81. The number of aryl methyl sites for hydroxylation is 1. The first-order valence-corrected chi connectivity index (χ1v) is 22.8. The molecule has 4 aromatic heterocycles. The number of halogens is 1. The normalized spacial score (nSPS) is 18.1. The quantitative estimate of drug-likeness (QED) is 0.128. The molecule has 2 amide bonds. The SMILES string of the molecule is CCN(C)S(=O)(=O)Nc1cccc(-c2nc(C)sc2-c2ccnc(Nc3ccc(N4CCN(CC5CCN(c6ccc([C@H]7CCC(=O)NC7=O)cn6)CC5)CC4)cn3)n2)c1F. The van der Waals surface area contributed by atoms with Crippen molar-refractivity contribution in [3.05, 3.63) is 83.5 Å². The van der Waals surface area contributed by atoms with E-state index in [0.717, 1.165) is 80.0 Å². The largest absolute Gasteiger partial charge is 0.368 e. The minimum Gasteiger partial charge on any atom is -0.368 e. The van der Waals surface area contributed by atoms with Crippen LogP contribution in [0.4, 0.5) is 33.3 Å². The summed E-state index contributed by atoms with van der Waals surface area (Å²) in [5.74, 6) is 0.955. The number of thiazole rings is 1. The van der Waals surface area contributed by atoms with Crippen molar-refractivity contribution in [2.75, 3.05) is 79.2 Å². The molecule has 7 heterocycles. The second-order valence-corrected chi connectivity index (χ2v) is 18.5. The van der Waals surface area contributed by atoms with E-state index in [-0.39, 0.29) is 35.5 Å². The molecule has 19 heteroatoms. The third kappa shape index (κ3) is 9.64. The molecule has 0 bridgehead atoms. The Kier molecular flexibility index (Phi) is 12.5. The molecule has 5 aromatic rings. The average molecular weight is 869 g/mol. The van der Waals surface area contributed by atoms with Gasteiger partial charge in [0.15, 0.2) is 5.82 Å². The van der Waals surface area contributed by atoms with Gasteiger partial charge in [-0.1, -0.05) is 19.1 Å². The first kappa shape index (κ1) is 42.1. The number of piperidine rings is 2. The van der Waals surface area contributed by atoms with E-state index in [9.17, 15) is 18.0 Å². The lowest BCUT2D eigenvalue weighted by atomic mass is 9.91. The predicted octanol–water partition coefficient (Wildman–Crippen LogP) is 5.42.